The standard InChI is InChI=1S/C22H25FN2O3/c1-27-20-13-28-19(12-18(20)24)22(26)25-11-10-14-4-2-3-5-17(14)21(25)15-6-8-16(23)9-7-15/h2-9,18-21H,10-13,24H2,1H3/t18-,19+,20-,21-/m0/s1/i10D2. The summed E-state index contributed by atoms with van der Waals surface area (Å²) in [6.07, 6.45) is -2.51. The van der Waals surface area contributed by atoms with Gasteiger partial charge in [-0.2, -0.15) is 0 Å². The molecule has 4 atom stereocenters. The van der Waals surface area contributed by atoms with Crippen LogP contribution in [0, 0.1) is 5.82 Å². The average molecular weight is 386 g/mol. The van der Waals surface area contributed by atoms with Gasteiger partial charge in [-0.1, -0.05) is 36.4 Å². The van der Waals surface area contributed by atoms with Gasteiger partial charge in [0.25, 0.3) is 5.91 Å². The summed E-state index contributed by atoms with van der Waals surface area (Å²) < 4.78 is 41.7. The number of carbonyl (C=O) groups excluding carboxylic acids is 1. The van der Waals surface area contributed by atoms with Crippen LogP contribution in [0.1, 0.15) is 31.9 Å². The van der Waals surface area contributed by atoms with Crippen molar-refractivity contribution in [3.63, 3.8) is 0 Å². The van der Waals surface area contributed by atoms with Crippen LogP contribution in [0.5, 0.6) is 0 Å². The van der Waals surface area contributed by atoms with E-state index in [1.165, 1.54) is 17.0 Å². The number of amides is 1. The molecule has 1 fully saturated rings. The quantitative estimate of drug-likeness (QED) is 0.880. The maximum atomic E-state index is 13.5. The van der Waals surface area contributed by atoms with Gasteiger partial charge in [-0.15, -0.1) is 0 Å². The lowest BCUT2D eigenvalue weighted by Gasteiger charge is -2.41. The third-order valence-electron chi connectivity index (χ3n) is 5.48. The van der Waals surface area contributed by atoms with Crippen molar-refractivity contribution in [1.29, 1.82) is 0 Å². The van der Waals surface area contributed by atoms with Crippen molar-refractivity contribution >= 4 is 5.91 Å². The summed E-state index contributed by atoms with van der Waals surface area (Å²) in [6, 6.07) is 12.2. The molecule has 0 spiro atoms. The summed E-state index contributed by atoms with van der Waals surface area (Å²) in [6.45, 7) is 0.0697. The SMILES string of the molecule is [2H]C1([2H])CN(C(=O)[C@H]2C[C@H](N)[C@@H](OC)CO2)[C@@H](c2ccc(F)cc2)c2ccccc21. The van der Waals surface area contributed by atoms with Gasteiger partial charge < -0.3 is 20.1 Å². The molecule has 2 aliphatic heterocycles. The molecule has 1 saturated heterocycles. The molecule has 0 aliphatic carbocycles. The molecule has 4 rings (SSSR count). The fraction of sp³-hybridized carbons (Fsp3) is 0.409. The van der Waals surface area contributed by atoms with Gasteiger partial charge in [0.2, 0.25) is 0 Å². The summed E-state index contributed by atoms with van der Waals surface area (Å²) in [5, 5.41) is 0. The molecule has 0 bridgehead atoms. The smallest absolute Gasteiger partial charge is 0.252 e. The molecule has 148 valence electrons. The van der Waals surface area contributed by atoms with E-state index < -0.39 is 18.5 Å². The average Bonchev–Trinajstić information content (AvgIpc) is 2.74. The number of carbonyl (C=O) groups is 1. The van der Waals surface area contributed by atoms with E-state index in [1.807, 2.05) is 12.1 Å². The highest BCUT2D eigenvalue weighted by Gasteiger charge is 2.39. The summed E-state index contributed by atoms with van der Waals surface area (Å²) in [4.78, 5) is 15.0. The Bertz CT molecular complexity index is 925. The van der Waals surface area contributed by atoms with Gasteiger partial charge in [0.15, 0.2) is 0 Å². The highest BCUT2D eigenvalue weighted by atomic mass is 19.1. The topological polar surface area (TPSA) is 64.8 Å². The summed E-state index contributed by atoms with van der Waals surface area (Å²) >= 11 is 0. The Morgan fingerprint density at radius 3 is 2.75 bits per heavy atom. The van der Waals surface area contributed by atoms with Crippen LogP contribution in [0.25, 0.3) is 0 Å². The Morgan fingerprint density at radius 2 is 2.04 bits per heavy atom. The zero-order chi connectivity index (χ0) is 21.5. The first-order chi connectivity index (χ1) is 14.3. The predicted molar refractivity (Wildman–Crippen MR) is 103 cm³/mol. The molecule has 0 saturated carbocycles. The zero-order valence-electron chi connectivity index (χ0n) is 17.7. The molecule has 2 heterocycles. The fourth-order valence-electron chi connectivity index (χ4n) is 3.94. The molecule has 0 radical (unpaired) electrons. The van der Waals surface area contributed by atoms with Crippen molar-refractivity contribution in [3.05, 3.63) is 71.0 Å². The molecular weight excluding hydrogens is 359 g/mol. The van der Waals surface area contributed by atoms with Crippen LogP contribution in [0.15, 0.2) is 48.5 Å². The van der Waals surface area contributed by atoms with E-state index in [2.05, 4.69) is 0 Å². The first-order valence-electron chi connectivity index (χ1n) is 10.4. The Morgan fingerprint density at radius 1 is 1.29 bits per heavy atom. The molecule has 6 heteroatoms. The molecule has 2 aromatic rings. The van der Waals surface area contributed by atoms with Gasteiger partial charge >= 0.3 is 0 Å². The third-order valence-corrected chi connectivity index (χ3v) is 5.48. The highest BCUT2D eigenvalue weighted by molar-refractivity contribution is 5.82. The number of rotatable bonds is 3. The second-order valence-corrected chi connectivity index (χ2v) is 7.18. The lowest BCUT2D eigenvalue weighted by atomic mass is 9.87. The van der Waals surface area contributed by atoms with Crippen molar-refractivity contribution in [1.82, 2.24) is 4.90 Å². The van der Waals surface area contributed by atoms with E-state index in [-0.39, 0.29) is 43.4 Å². The van der Waals surface area contributed by atoms with Crippen LogP contribution in [0.4, 0.5) is 4.39 Å². The molecule has 28 heavy (non-hydrogen) atoms. The zero-order valence-corrected chi connectivity index (χ0v) is 15.7. The minimum absolute atomic E-state index is 0.131. The normalized spacial score (nSPS) is 30.2. The van der Waals surface area contributed by atoms with Crippen LogP contribution in [0.3, 0.4) is 0 Å². The van der Waals surface area contributed by atoms with Crippen LogP contribution in [-0.2, 0) is 20.6 Å². The summed E-state index contributed by atoms with van der Waals surface area (Å²) in [5.74, 6) is -0.698. The van der Waals surface area contributed by atoms with Crippen LogP contribution >= 0.6 is 0 Å². The lowest BCUT2D eigenvalue weighted by molar-refractivity contribution is -0.156. The number of methoxy groups -OCH3 is 1. The van der Waals surface area contributed by atoms with E-state index in [9.17, 15) is 9.18 Å². The number of hydrogen-bond acceptors (Lipinski definition) is 4. The van der Waals surface area contributed by atoms with Crippen molar-refractivity contribution in [2.24, 2.45) is 5.73 Å². The fourth-order valence-corrected chi connectivity index (χ4v) is 3.94. The minimum Gasteiger partial charge on any atom is -0.377 e. The second-order valence-electron chi connectivity index (χ2n) is 7.18. The van der Waals surface area contributed by atoms with E-state index >= 15 is 0 Å². The van der Waals surface area contributed by atoms with E-state index in [0.29, 0.717) is 16.7 Å². The van der Waals surface area contributed by atoms with Gasteiger partial charge in [0.1, 0.15) is 11.9 Å². The van der Waals surface area contributed by atoms with Gasteiger partial charge in [0, 0.05) is 28.9 Å². The maximum Gasteiger partial charge on any atom is 0.252 e. The Labute approximate surface area is 167 Å². The Balaban J connectivity index is 1.73. The van der Waals surface area contributed by atoms with Crippen LogP contribution in [-0.4, -0.2) is 49.3 Å². The molecule has 0 unspecified atom stereocenters. The van der Waals surface area contributed by atoms with Gasteiger partial charge in [-0.05, 0) is 35.2 Å². The first-order valence-corrected chi connectivity index (χ1v) is 9.37. The Kier molecular flexibility index (Phi) is 4.75. The number of fused-ring (bicyclic) bond motifs is 1. The summed E-state index contributed by atoms with van der Waals surface area (Å²) in [7, 11) is 1.55. The van der Waals surface area contributed by atoms with Crippen molar-refractivity contribution in [2.45, 2.75) is 37.1 Å². The minimum atomic E-state index is -1.73. The van der Waals surface area contributed by atoms with E-state index in [1.54, 1.807) is 31.4 Å². The van der Waals surface area contributed by atoms with E-state index in [0.717, 1.165) is 0 Å². The molecule has 0 aromatic heterocycles. The van der Waals surface area contributed by atoms with Gasteiger partial charge in [-0.3, -0.25) is 4.79 Å². The van der Waals surface area contributed by atoms with Crippen molar-refractivity contribution in [2.75, 3.05) is 20.3 Å². The second kappa shape index (κ2) is 7.99. The third kappa shape index (κ3) is 3.55. The predicted octanol–water partition coefficient (Wildman–Crippen LogP) is 2.43. The van der Waals surface area contributed by atoms with E-state index in [4.69, 9.17) is 17.9 Å². The summed E-state index contributed by atoms with van der Waals surface area (Å²) in [5.41, 5.74) is 8.07. The lowest BCUT2D eigenvalue weighted by Crippen LogP contribution is -2.54. The largest absolute Gasteiger partial charge is 0.377 e. The van der Waals surface area contributed by atoms with Crippen LogP contribution < -0.4 is 5.73 Å². The maximum absolute atomic E-state index is 13.5. The highest BCUT2D eigenvalue weighted by Crippen LogP contribution is 2.36. The molecule has 2 N–H and O–H groups in total. The first kappa shape index (κ1) is 16.7. The number of hydrogen-bond donors (Lipinski definition) is 1. The Hall–Kier alpha value is -2.28. The number of nitrogens with zero attached hydrogens (tertiary/aromatic N) is 1. The van der Waals surface area contributed by atoms with Crippen molar-refractivity contribution < 1.29 is 21.4 Å². The monoisotopic (exact) mass is 386 g/mol. The van der Waals surface area contributed by atoms with Gasteiger partial charge in [0.05, 0.1) is 18.8 Å². The number of nitrogens with two attached hydrogens (primary N) is 1. The molecule has 2 aromatic carbocycles. The number of halogens is 1. The number of benzene rings is 2. The van der Waals surface area contributed by atoms with Crippen LogP contribution in [0.2, 0.25) is 0 Å². The number of ether oxygens (including phenoxy) is 2. The van der Waals surface area contributed by atoms with Crippen molar-refractivity contribution in [3.8, 4) is 0 Å². The molecule has 1 amide bonds. The van der Waals surface area contributed by atoms with Gasteiger partial charge in [-0.25, -0.2) is 4.39 Å². The molecular formula is C22H25FN2O3. The molecule has 2 aliphatic rings. The molecule has 5 nitrogen and oxygen atoms in total.